The smallest absolute Gasteiger partial charge is 0.143 e. The molecule has 0 saturated carbocycles. The lowest BCUT2D eigenvalue weighted by Crippen LogP contribution is -2.28. The normalized spacial score (nSPS) is 12.7. The van der Waals surface area contributed by atoms with Gasteiger partial charge in [0.15, 0.2) is 0 Å². The van der Waals surface area contributed by atoms with Gasteiger partial charge in [-0.25, -0.2) is 0 Å². The first-order valence-corrected chi connectivity index (χ1v) is 21.0. The third-order valence-electron chi connectivity index (χ3n) is 12.7. The second-order valence-corrected chi connectivity index (χ2v) is 15.9. The number of nitrogens with zero attached hydrogens (tertiary/aromatic N) is 1. The van der Waals surface area contributed by atoms with Gasteiger partial charge in [-0.2, -0.15) is 0 Å². The molecule has 0 atom stereocenters. The number of rotatable bonds is 7. The number of fused-ring (bicyclic) bond motifs is 8. The fourth-order valence-electron chi connectivity index (χ4n) is 10.2. The van der Waals surface area contributed by atoms with Gasteiger partial charge in [0.05, 0.1) is 16.8 Å². The molecular formula is C59H39NO. The summed E-state index contributed by atoms with van der Waals surface area (Å²) in [6.07, 6.45) is 0. The molecule has 1 aliphatic carbocycles. The first-order chi connectivity index (χ1) is 30.3. The molecule has 0 aliphatic heterocycles. The van der Waals surface area contributed by atoms with Crippen molar-refractivity contribution in [3.8, 4) is 33.4 Å². The van der Waals surface area contributed by atoms with E-state index < -0.39 is 5.41 Å². The first-order valence-electron chi connectivity index (χ1n) is 21.0. The van der Waals surface area contributed by atoms with E-state index in [9.17, 15) is 0 Å². The zero-order valence-corrected chi connectivity index (χ0v) is 33.4. The molecular weight excluding hydrogens is 739 g/mol. The van der Waals surface area contributed by atoms with Gasteiger partial charge in [-0.15, -0.1) is 0 Å². The Bertz CT molecular complexity index is 3380. The van der Waals surface area contributed by atoms with Crippen LogP contribution in [0.15, 0.2) is 241 Å². The monoisotopic (exact) mass is 777 g/mol. The molecule has 286 valence electrons. The maximum atomic E-state index is 6.76. The number of anilines is 3. The molecule has 0 amide bonds. The van der Waals surface area contributed by atoms with Crippen molar-refractivity contribution >= 4 is 49.8 Å². The predicted octanol–water partition coefficient (Wildman–Crippen LogP) is 15.9. The summed E-state index contributed by atoms with van der Waals surface area (Å²) < 4.78 is 6.76. The van der Waals surface area contributed by atoms with Crippen molar-refractivity contribution in [2.75, 3.05) is 4.90 Å². The molecule has 0 saturated heterocycles. The van der Waals surface area contributed by atoms with Crippen LogP contribution in [0, 0.1) is 0 Å². The summed E-state index contributed by atoms with van der Waals surface area (Å²) in [5, 5.41) is 4.51. The summed E-state index contributed by atoms with van der Waals surface area (Å²) in [6.45, 7) is 0. The van der Waals surface area contributed by atoms with Crippen LogP contribution in [0.3, 0.4) is 0 Å². The van der Waals surface area contributed by atoms with E-state index in [1.807, 2.05) is 0 Å². The van der Waals surface area contributed by atoms with E-state index in [0.717, 1.165) is 61.1 Å². The summed E-state index contributed by atoms with van der Waals surface area (Å²) >= 11 is 0. The largest absolute Gasteiger partial charge is 0.455 e. The lowest BCUT2D eigenvalue weighted by molar-refractivity contribution is 0.673. The highest BCUT2D eigenvalue weighted by molar-refractivity contribution is 6.20. The minimum Gasteiger partial charge on any atom is -0.455 e. The number of furan rings is 1. The second kappa shape index (κ2) is 14.1. The predicted molar refractivity (Wildman–Crippen MR) is 254 cm³/mol. The SMILES string of the molecule is c1ccc(-c2cccc(N(c3ccccc3-c3cccc4oc5c6ccccc6ccc5c34)c3cccc4c3-c3ccccc3C4(c3ccccc3)c3ccccc3)c2)cc1. The van der Waals surface area contributed by atoms with Gasteiger partial charge in [-0.1, -0.05) is 200 Å². The molecule has 0 N–H and O–H groups in total. The lowest BCUT2D eigenvalue weighted by atomic mass is 9.68. The van der Waals surface area contributed by atoms with Crippen LogP contribution in [0.2, 0.25) is 0 Å². The Morgan fingerprint density at radius 1 is 0.377 bits per heavy atom. The highest BCUT2D eigenvalue weighted by Gasteiger charge is 2.47. The van der Waals surface area contributed by atoms with Gasteiger partial charge >= 0.3 is 0 Å². The summed E-state index contributed by atoms with van der Waals surface area (Å²) in [6, 6.07) is 86.0. The van der Waals surface area contributed by atoms with Crippen LogP contribution in [0.25, 0.3) is 66.1 Å². The Morgan fingerprint density at radius 2 is 0.967 bits per heavy atom. The Hall–Kier alpha value is -7.94. The van der Waals surface area contributed by atoms with E-state index in [2.05, 4.69) is 241 Å². The van der Waals surface area contributed by atoms with Gasteiger partial charge in [-0.3, -0.25) is 0 Å². The van der Waals surface area contributed by atoms with Crippen LogP contribution in [0.4, 0.5) is 17.1 Å². The van der Waals surface area contributed by atoms with E-state index in [1.165, 1.54) is 44.3 Å². The van der Waals surface area contributed by atoms with Gasteiger partial charge in [0.1, 0.15) is 11.2 Å². The number of hydrogen-bond donors (Lipinski definition) is 0. The van der Waals surface area contributed by atoms with E-state index in [1.54, 1.807) is 0 Å². The summed E-state index contributed by atoms with van der Waals surface area (Å²) in [4.78, 5) is 2.50. The maximum Gasteiger partial charge on any atom is 0.143 e. The molecule has 1 heterocycles. The third-order valence-corrected chi connectivity index (χ3v) is 12.7. The van der Waals surface area contributed by atoms with Crippen LogP contribution in [0.1, 0.15) is 22.3 Å². The number of hydrogen-bond acceptors (Lipinski definition) is 2. The Labute approximate surface area is 355 Å². The van der Waals surface area contributed by atoms with E-state index in [4.69, 9.17) is 4.42 Å². The molecule has 1 aliphatic rings. The van der Waals surface area contributed by atoms with Gasteiger partial charge in [0, 0.05) is 33.0 Å². The molecule has 61 heavy (non-hydrogen) atoms. The van der Waals surface area contributed by atoms with E-state index in [-0.39, 0.29) is 0 Å². The standard InChI is InChI=1S/C59H39NO/c1-4-19-40(20-5-1)42-22-16-27-45(39-42)60(53-34-15-13-29-47(53)48-31-17-36-55-56(48)50-38-37-41-21-10-11-28-46(41)58(50)61-55)54-35-18-33-52-57(54)49-30-12-14-32-51(49)59(52,43-23-6-2-7-24-43)44-25-8-3-9-26-44/h1-39H. The second-order valence-electron chi connectivity index (χ2n) is 15.9. The Balaban J connectivity index is 1.17. The van der Waals surface area contributed by atoms with Crippen LogP contribution in [-0.2, 0) is 5.41 Å². The topological polar surface area (TPSA) is 16.4 Å². The van der Waals surface area contributed by atoms with Crippen LogP contribution < -0.4 is 4.90 Å². The van der Waals surface area contributed by atoms with E-state index in [0.29, 0.717) is 0 Å². The third kappa shape index (κ3) is 5.36. The number of para-hydroxylation sites is 1. The Kier molecular flexibility index (Phi) is 8.11. The fraction of sp³-hybridized carbons (Fsp3) is 0.0169. The lowest BCUT2D eigenvalue weighted by Gasteiger charge is -2.34. The van der Waals surface area contributed by atoms with Gasteiger partial charge < -0.3 is 9.32 Å². The van der Waals surface area contributed by atoms with Crippen LogP contribution >= 0.6 is 0 Å². The molecule has 0 radical (unpaired) electrons. The molecule has 2 nitrogen and oxygen atoms in total. The van der Waals surface area contributed by atoms with Crippen LogP contribution in [-0.4, -0.2) is 0 Å². The quantitative estimate of drug-likeness (QED) is 0.160. The maximum absolute atomic E-state index is 6.76. The average molecular weight is 778 g/mol. The summed E-state index contributed by atoms with van der Waals surface area (Å²) in [5.41, 5.74) is 16.6. The average Bonchev–Trinajstić information content (AvgIpc) is 3.88. The molecule has 11 aromatic rings. The van der Waals surface area contributed by atoms with Gasteiger partial charge in [-0.05, 0) is 86.3 Å². The van der Waals surface area contributed by atoms with Crippen molar-refractivity contribution in [3.63, 3.8) is 0 Å². The molecule has 0 fully saturated rings. The molecule has 1 aromatic heterocycles. The molecule has 2 heteroatoms. The molecule has 10 aromatic carbocycles. The van der Waals surface area contributed by atoms with Crippen molar-refractivity contribution in [3.05, 3.63) is 259 Å². The van der Waals surface area contributed by atoms with Crippen molar-refractivity contribution in [2.45, 2.75) is 5.41 Å². The highest BCUT2D eigenvalue weighted by atomic mass is 16.3. The zero-order chi connectivity index (χ0) is 40.3. The zero-order valence-electron chi connectivity index (χ0n) is 33.4. The summed E-state index contributed by atoms with van der Waals surface area (Å²) in [7, 11) is 0. The Morgan fingerprint density at radius 3 is 1.77 bits per heavy atom. The molecule has 0 bridgehead atoms. The molecule has 12 rings (SSSR count). The van der Waals surface area contributed by atoms with Crippen molar-refractivity contribution in [1.82, 2.24) is 0 Å². The highest BCUT2D eigenvalue weighted by Crippen LogP contribution is 2.60. The van der Waals surface area contributed by atoms with Gasteiger partial charge in [0.2, 0.25) is 0 Å². The van der Waals surface area contributed by atoms with E-state index >= 15 is 0 Å². The minimum atomic E-state index is -0.536. The van der Waals surface area contributed by atoms with Crippen molar-refractivity contribution in [2.24, 2.45) is 0 Å². The fourth-order valence-corrected chi connectivity index (χ4v) is 10.2. The van der Waals surface area contributed by atoms with Crippen LogP contribution in [0.5, 0.6) is 0 Å². The van der Waals surface area contributed by atoms with Gasteiger partial charge in [0.25, 0.3) is 0 Å². The first kappa shape index (κ1) is 35.0. The molecule has 0 unspecified atom stereocenters. The summed E-state index contributed by atoms with van der Waals surface area (Å²) in [5.74, 6) is 0. The number of benzene rings is 10. The molecule has 0 spiro atoms. The van der Waals surface area contributed by atoms with Crippen molar-refractivity contribution in [1.29, 1.82) is 0 Å². The minimum absolute atomic E-state index is 0.536. The van der Waals surface area contributed by atoms with Crippen molar-refractivity contribution < 1.29 is 4.42 Å².